The Morgan fingerprint density at radius 3 is 2.65 bits per heavy atom. The molecule has 0 bridgehead atoms. The van der Waals surface area contributed by atoms with E-state index in [2.05, 4.69) is 0 Å². The second-order valence-electron chi connectivity index (χ2n) is 5.96. The van der Waals surface area contributed by atoms with Crippen molar-refractivity contribution >= 4 is 17.8 Å². The first-order valence-corrected chi connectivity index (χ1v) is 7.70. The summed E-state index contributed by atoms with van der Waals surface area (Å²) in [7, 11) is 0. The van der Waals surface area contributed by atoms with Gasteiger partial charge in [-0.1, -0.05) is 6.07 Å². The molecule has 0 spiro atoms. The van der Waals surface area contributed by atoms with E-state index >= 15 is 0 Å². The third-order valence-electron chi connectivity index (χ3n) is 4.25. The number of rotatable bonds is 4. The van der Waals surface area contributed by atoms with Crippen LogP contribution >= 0.6 is 0 Å². The first-order valence-electron chi connectivity index (χ1n) is 7.70. The molecule has 2 rings (SSSR count). The predicted molar refractivity (Wildman–Crippen MR) is 84.7 cm³/mol. The lowest BCUT2D eigenvalue weighted by atomic mass is 9.97. The number of hydrogen-bond donors (Lipinski definition) is 1. The van der Waals surface area contributed by atoms with Crippen molar-refractivity contribution in [3.05, 3.63) is 34.9 Å². The van der Waals surface area contributed by atoms with Gasteiger partial charge in [0.1, 0.15) is 0 Å². The number of aryl methyl sites for hydroxylation is 2. The van der Waals surface area contributed by atoms with Crippen LogP contribution in [-0.2, 0) is 14.3 Å². The summed E-state index contributed by atoms with van der Waals surface area (Å²) < 4.78 is 5.09. The maximum absolute atomic E-state index is 12.1. The molecule has 1 aliphatic heterocycles. The van der Waals surface area contributed by atoms with Gasteiger partial charge in [-0.2, -0.15) is 0 Å². The van der Waals surface area contributed by atoms with Gasteiger partial charge in [0, 0.05) is 13.1 Å². The molecule has 0 unspecified atom stereocenters. The van der Waals surface area contributed by atoms with Crippen molar-refractivity contribution in [2.45, 2.75) is 26.7 Å². The number of primary amides is 1. The van der Waals surface area contributed by atoms with E-state index in [0.29, 0.717) is 25.1 Å². The van der Waals surface area contributed by atoms with Crippen molar-refractivity contribution < 1.29 is 19.1 Å². The molecule has 1 heterocycles. The highest BCUT2D eigenvalue weighted by Crippen LogP contribution is 2.16. The Morgan fingerprint density at radius 1 is 1.26 bits per heavy atom. The van der Waals surface area contributed by atoms with Crippen molar-refractivity contribution in [3.63, 3.8) is 0 Å². The molecule has 1 saturated heterocycles. The molecule has 1 aromatic carbocycles. The zero-order valence-electron chi connectivity index (χ0n) is 13.5. The zero-order chi connectivity index (χ0) is 17.0. The normalized spacial score (nSPS) is 17.7. The molecule has 6 heteroatoms. The lowest BCUT2D eigenvalue weighted by Gasteiger charge is -2.31. The molecule has 1 atom stereocenters. The molecule has 0 radical (unpaired) electrons. The van der Waals surface area contributed by atoms with Crippen molar-refractivity contribution in [3.8, 4) is 0 Å². The smallest absolute Gasteiger partial charge is 0.338 e. The van der Waals surface area contributed by atoms with E-state index in [0.717, 1.165) is 17.5 Å². The molecular weight excluding hydrogens is 296 g/mol. The largest absolute Gasteiger partial charge is 0.452 e. The van der Waals surface area contributed by atoms with Crippen LogP contribution in [0.1, 0.15) is 34.3 Å². The van der Waals surface area contributed by atoms with Crippen molar-refractivity contribution in [2.24, 2.45) is 11.7 Å². The fraction of sp³-hybridized carbons (Fsp3) is 0.471. The summed E-state index contributed by atoms with van der Waals surface area (Å²) in [6.45, 7) is 4.41. The number of carbonyl (C=O) groups excluding carboxylic acids is 3. The van der Waals surface area contributed by atoms with Crippen molar-refractivity contribution in [1.82, 2.24) is 4.90 Å². The van der Waals surface area contributed by atoms with E-state index in [9.17, 15) is 14.4 Å². The number of hydrogen-bond acceptors (Lipinski definition) is 4. The van der Waals surface area contributed by atoms with Crippen LogP contribution in [0, 0.1) is 19.8 Å². The summed E-state index contributed by atoms with van der Waals surface area (Å²) in [6, 6.07) is 5.27. The molecule has 0 aromatic heterocycles. The van der Waals surface area contributed by atoms with Crippen LogP contribution in [-0.4, -0.2) is 42.4 Å². The highest BCUT2D eigenvalue weighted by Gasteiger charge is 2.27. The fourth-order valence-corrected chi connectivity index (χ4v) is 2.61. The van der Waals surface area contributed by atoms with Crippen LogP contribution < -0.4 is 5.73 Å². The number of piperidine rings is 1. The highest BCUT2D eigenvalue weighted by molar-refractivity contribution is 5.91. The van der Waals surface area contributed by atoms with Crippen molar-refractivity contribution in [1.29, 1.82) is 0 Å². The molecule has 0 saturated carbocycles. The van der Waals surface area contributed by atoms with Gasteiger partial charge in [0.05, 0.1) is 11.5 Å². The lowest BCUT2D eigenvalue weighted by Crippen LogP contribution is -2.45. The number of amides is 2. The van der Waals surface area contributed by atoms with Crippen LogP contribution in [0.15, 0.2) is 18.2 Å². The minimum atomic E-state index is -0.523. The van der Waals surface area contributed by atoms with Gasteiger partial charge in [0.2, 0.25) is 5.91 Å². The number of benzene rings is 1. The molecule has 124 valence electrons. The number of ether oxygens (including phenoxy) is 1. The Balaban J connectivity index is 1.89. The predicted octanol–water partition coefficient (Wildman–Crippen LogP) is 1.18. The average Bonchev–Trinajstić information content (AvgIpc) is 2.54. The Kier molecular flexibility index (Phi) is 5.36. The average molecular weight is 318 g/mol. The minimum absolute atomic E-state index is 0.298. The van der Waals surface area contributed by atoms with E-state index in [1.54, 1.807) is 12.1 Å². The molecule has 23 heavy (non-hydrogen) atoms. The molecule has 1 aromatic rings. The van der Waals surface area contributed by atoms with Gasteiger partial charge in [-0.15, -0.1) is 0 Å². The van der Waals surface area contributed by atoms with Gasteiger partial charge < -0.3 is 15.4 Å². The number of nitrogens with zero attached hydrogens (tertiary/aromatic N) is 1. The topological polar surface area (TPSA) is 89.7 Å². The Morgan fingerprint density at radius 2 is 2.00 bits per heavy atom. The highest BCUT2D eigenvalue weighted by atomic mass is 16.5. The third kappa shape index (κ3) is 4.31. The summed E-state index contributed by atoms with van der Waals surface area (Å²) in [6.07, 6.45) is 1.42. The molecule has 1 fully saturated rings. The zero-order valence-corrected chi connectivity index (χ0v) is 13.5. The van der Waals surface area contributed by atoms with Crippen LogP contribution in [0.3, 0.4) is 0 Å². The third-order valence-corrected chi connectivity index (χ3v) is 4.25. The van der Waals surface area contributed by atoms with E-state index in [-0.39, 0.29) is 18.4 Å². The van der Waals surface area contributed by atoms with E-state index in [1.165, 1.54) is 4.90 Å². The SMILES string of the molecule is Cc1ccc(C(=O)OCC(=O)N2CCC[C@@H](C(N)=O)C2)cc1C. The molecule has 6 nitrogen and oxygen atoms in total. The lowest BCUT2D eigenvalue weighted by molar-refractivity contribution is -0.137. The fourth-order valence-electron chi connectivity index (χ4n) is 2.61. The van der Waals surface area contributed by atoms with Crippen LogP contribution in [0.5, 0.6) is 0 Å². The molecule has 0 aliphatic carbocycles. The summed E-state index contributed by atoms with van der Waals surface area (Å²) in [5, 5.41) is 0. The van der Waals surface area contributed by atoms with E-state index < -0.39 is 11.9 Å². The quantitative estimate of drug-likeness (QED) is 0.844. The van der Waals surface area contributed by atoms with Gasteiger partial charge in [-0.25, -0.2) is 4.79 Å². The van der Waals surface area contributed by atoms with Gasteiger partial charge in [-0.3, -0.25) is 9.59 Å². The monoisotopic (exact) mass is 318 g/mol. The Labute approximate surface area is 135 Å². The summed E-state index contributed by atoms with van der Waals surface area (Å²) in [5.74, 6) is -1.53. The minimum Gasteiger partial charge on any atom is -0.452 e. The maximum Gasteiger partial charge on any atom is 0.338 e. The Bertz CT molecular complexity index is 627. The number of likely N-dealkylation sites (tertiary alicyclic amines) is 1. The van der Waals surface area contributed by atoms with Gasteiger partial charge in [0.15, 0.2) is 6.61 Å². The first-order chi connectivity index (χ1) is 10.9. The second kappa shape index (κ2) is 7.26. The number of nitrogens with two attached hydrogens (primary N) is 1. The van der Waals surface area contributed by atoms with Crippen LogP contribution in [0.25, 0.3) is 0 Å². The van der Waals surface area contributed by atoms with Crippen LogP contribution in [0.2, 0.25) is 0 Å². The molecular formula is C17H22N2O4. The standard InChI is InChI=1S/C17H22N2O4/c1-11-5-6-13(8-12(11)2)17(22)23-10-15(20)19-7-3-4-14(9-19)16(18)21/h5-6,8,14H,3-4,7,9-10H2,1-2H3,(H2,18,21)/t14-/m1/s1. The molecule has 1 aliphatic rings. The van der Waals surface area contributed by atoms with Crippen molar-refractivity contribution in [2.75, 3.05) is 19.7 Å². The summed E-state index contributed by atoms with van der Waals surface area (Å²) in [4.78, 5) is 36.9. The van der Waals surface area contributed by atoms with E-state index in [4.69, 9.17) is 10.5 Å². The Hall–Kier alpha value is -2.37. The van der Waals surface area contributed by atoms with Gasteiger partial charge in [0.25, 0.3) is 5.91 Å². The number of esters is 1. The molecule has 2 amide bonds. The van der Waals surface area contributed by atoms with E-state index in [1.807, 2.05) is 19.9 Å². The van der Waals surface area contributed by atoms with Crippen LogP contribution in [0.4, 0.5) is 0 Å². The summed E-state index contributed by atoms with van der Waals surface area (Å²) in [5.41, 5.74) is 7.80. The van der Waals surface area contributed by atoms with Gasteiger partial charge in [-0.05, 0) is 49.9 Å². The van der Waals surface area contributed by atoms with Gasteiger partial charge >= 0.3 is 5.97 Å². The second-order valence-corrected chi connectivity index (χ2v) is 5.96. The number of carbonyl (C=O) groups is 3. The first kappa shape index (κ1) is 17.0. The maximum atomic E-state index is 12.1. The summed E-state index contributed by atoms with van der Waals surface area (Å²) >= 11 is 0. The molecule has 2 N–H and O–H groups in total.